The van der Waals surface area contributed by atoms with E-state index in [0.717, 1.165) is 6.07 Å². The summed E-state index contributed by atoms with van der Waals surface area (Å²) in [6.07, 6.45) is -0.0435. The fourth-order valence-electron chi connectivity index (χ4n) is 0.974. The molecule has 0 saturated heterocycles. The van der Waals surface area contributed by atoms with Gasteiger partial charge >= 0.3 is 5.97 Å². The van der Waals surface area contributed by atoms with Crippen LogP contribution in [0.4, 0.5) is 4.39 Å². The zero-order valence-corrected chi connectivity index (χ0v) is 8.58. The van der Waals surface area contributed by atoms with Crippen LogP contribution in [-0.4, -0.2) is 13.1 Å². The van der Waals surface area contributed by atoms with Gasteiger partial charge in [0, 0.05) is 5.56 Å². The van der Waals surface area contributed by atoms with Crippen LogP contribution >= 0.6 is 0 Å². The second-order valence-corrected chi connectivity index (χ2v) is 2.86. The lowest BCUT2D eigenvalue weighted by atomic mass is 10.1. The first-order valence-corrected chi connectivity index (χ1v) is 4.42. The average molecular weight is 217 g/mol. The summed E-state index contributed by atoms with van der Waals surface area (Å²) < 4.78 is 17.5. The smallest absolute Gasteiger partial charge is 0.317 e. The molecule has 0 aliphatic heterocycles. The minimum atomic E-state index is -0.618. The molecule has 80 valence electrons. The lowest BCUT2D eigenvalue weighted by Crippen LogP contribution is -1.97. The number of nitrogens with zero attached hydrogens (tertiary/aromatic N) is 1. The van der Waals surface area contributed by atoms with E-state index >= 15 is 0 Å². The molecular formula is C12H8FNO2. The van der Waals surface area contributed by atoms with E-state index in [1.54, 1.807) is 6.07 Å². The molecule has 0 radical (unpaired) electrons. The molecule has 1 rings (SSSR count). The molecule has 0 unspecified atom stereocenters. The van der Waals surface area contributed by atoms with Crippen molar-refractivity contribution in [3.05, 3.63) is 35.1 Å². The molecule has 0 N–H and O–H groups in total. The van der Waals surface area contributed by atoms with Crippen molar-refractivity contribution in [3.8, 4) is 17.9 Å². The highest BCUT2D eigenvalue weighted by atomic mass is 19.1. The first-order valence-electron chi connectivity index (χ1n) is 4.42. The maximum Gasteiger partial charge on any atom is 0.317 e. The molecule has 3 nitrogen and oxygen atoms in total. The van der Waals surface area contributed by atoms with E-state index in [1.165, 1.54) is 19.2 Å². The van der Waals surface area contributed by atoms with Crippen LogP contribution < -0.4 is 0 Å². The fraction of sp³-hybridized carbons (Fsp3) is 0.167. The summed E-state index contributed by atoms with van der Waals surface area (Å²) in [7, 11) is 1.27. The molecule has 0 aromatic heterocycles. The Bertz CT molecular complexity index is 506. The second-order valence-electron chi connectivity index (χ2n) is 2.86. The number of carbonyl (C=O) groups is 1. The van der Waals surface area contributed by atoms with Crippen LogP contribution in [0, 0.1) is 29.0 Å². The number of halogens is 1. The number of carbonyl (C=O) groups excluding carboxylic acids is 1. The minimum absolute atomic E-state index is 0.0292. The number of hydrogen-bond acceptors (Lipinski definition) is 3. The number of esters is 1. The van der Waals surface area contributed by atoms with Crippen LogP contribution in [0.15, 0.2) is 18.2 Å². The Balaban J connectivity index is 2.80. The zero-order valence-electron chi connectivity index (χ0n) is 8.58. The lowest BCUT2D eigenvalue weighted by Gasteiger charge is -1.93. The van der Waals surface area contributed by atoms with Crippen LogP contribution in [-0.2, 0) is 9.53 Å². The van der Waals surface area contributed by atoms with E-state index < -0.39 is 11.8 Å². The SMILES string of the molecule is COC(=O)CC#Cc1ccc(C#N)c(F)c1. The van der Waals surface area contributed by atoms with Gasteiger partial charge in [-0.1, -0.05) is 11.8 Å². The molecule has 0 saturated carbocycles. The van der Waals surface area contributed by atoms with E-state index in [4.69, 9.17) is 5.26 Å². The molecule has 0 aliphatic rings. The van der Waals surface area contributed by atoms with E-state index in [2.05, 4.69) is 16.6 Å². The van der Waals surface area contributed by atoms with Crippen LogP contribution in [0.3, 0.4) is 0 Å². The molecule has 0 bridgehead atoms. The van der Waals surface area contributed by atoms with Crippen LogP contribution in [0.2, 0.25) is 0 Å². The summed E-state index contributed by atoms with van der Waals surface area (Å²) in [6, 6.07) is 5.73. The Morgan fingerprint density at radius 1 is 1.56 bits per heavy atom. The van der Waals surface area contributed by atoms with Crippen LogP contribution in [0.5, 0.6) is 0 Å². The molecule has 0 amide bonds. The van der Waals surface area contributed by atoms with Gasteiger partial charge in [0.1, 0.15) is 18.3 Å². The monoisotopic (exact) mass is 217 g/mol. The van der Waals surface area contributed by atoms with Crippen molar-refractivity contribution in [3.63, 3.8) is 0 Å². The highest BCUT2D eigenvalue weighted by Crippen LogP contribution is 2.08. The highest BCUT2D eigenvalue weighted by Gasteiger charge is 2.00. The molecule has 1 aromatic carbocycles. The zero-order chi connectivity index (χ0) is 12.0. The number of nitriles is 1. The van der Waals surface area contributed by atoms with Gasteiger partial charge in [-0.2, -0.15) is 5.26 Å². The quantitative estimate of drug-likeness (QED) is 0.530. The van der Waals surface area contributed by atoms with Crippen molar-refractivity contribution >= 4 is 5.97 Å². The van der Waals surface area contributed by atoms with Crippen LogP contribution in [0.25, 0.3) is 0 Å². The van der Waals surface area contributed by atoms with Gasteiger partial charge in [0.15, 0.2) is 0 Å². The molecule has 0 heterocycles. The van der Waals surface area contributed by atoms with Crippen molar-refractivity contribution < 1.29 is 13.9 Å². The van der Waals surface area contributed by atoms with Gasteiger partial charge in [-0.25, -0.2) is 4.39 Å². The number of rotatable bonds is 1. The van der Waals surface area contributed by atoms with Gasteiger partial charge in [0.05, 0.1) is 12.7 Å². The predicted octanol–water partition coefficient (Wildman–Crippen LogP) is 1.61. The summed E-state index contributed by atoms with van der Waals surface area (Å²) >= 11 is 0. The first-order chi connectivity index (χ1) is 7.67. The second kappa shape index (κ2) is 5.53. The fourth-order valence-corrected chi connectivity index (χ4v) is 0.974. The van der Waals surface area contributed by atoms with Gasteiger partial charge in [-0.15, -0.1) is 0 Å². The summed E-state index contributed by atoms with van der Waals surface area (Å²) in [4.78, 5) is 10.7. The van der Waals surface area contributed by atoms with Gasteiger partial charge in [0.2, 0.25) is 0 Å². The van der Waals surface area contributed by atoms with Gasteiger partial charge < -0.3 is 4.74 Å². The summed E-state index contributed by atoms with van der Waals surface area (Å²) in [6.45, 7) is 0. The van der Waals surface area contributed by atoms with Crippen molar-refractivity contribution in [1.29, 1.82) is 5.26 Å². The highest BCUT2D eigenvalue weighted by molar-refractivity contribution is 5.72. The molecule has 16 heavy (non-hydrogen) atoms. The number of methoxy groups -OCH3 is 1. The van der Waals surface area contributed by atoms with E-state index in [-0.39, 0.29) is 12.0 Å². The van der Waals surface area contributed by atoms with E-state index in [0.29, 0.717) is 5.56 Å². The van der Waals surface area contributed by atoms with Crippen molar-refractivity contribution in [2.24, 2.45) is 0 Å². The normalized spacial score (nSPS) is 8.56. The van der Waals surface area contributed by atoms with Crippen molar-refractivity contribution in [1.82, 2.24) is 0 Å². The summed E-state index contributed by atoms with van der Waals surface area (Å²) in [5.41, 5.74) is 0.388. The minimum Gasteiger partial charge on any atom is -0.468 e. The average Bonchev–Trinajstić information content (AvgIpc) is 2.29. The molecule has 0 fully saturated rings. The number of benzene rings is 1. The first kappa shape index (κ1) is 11.7. The summed E-state index contributed by atoms with van der Waals surface area (Å²) in [5, 5.41) is 8.50. The number of ether oxygens (including phenoxy) is 1. The Morgan fingerprint density at radius 3 is 2.88 bits per heavy atom. The van der Waals surface area contributed by atoms with E-state index in [9.17, 15) is 9.18 Å². The predicted molar refractivity (Wildman–Crippen MR) is 54.6 cm³/mol. The third kappa shape index (κ3) is 3.11. The third-order valence-corrected chi connectivity index (χ3v) is 1.78. The standard InChI is InChI=1S/C12H8FNO2/c1-16-12(15)4-2-3-9-5-6-10(8-14)11(13)7-9/h5-7H,4H2,1H3. The van der Waals surface area contributed by atoms with Crippen LogP contribution in [0.1, 0.15) is 17.5 Å². The molecule has 0 atom stereocenters. The van der Waals surface area contributed by atoms with Crippen molar-refractivity contribution in [2.75, 3.05) is 7.11 Å². The number of hydrogen-bond donors (Lipinski definition) is 0. The topological polar surface area (TPSA) is 50.1 Å². The maximum absolute atomic E-state index is 13.1. The molecule has 1 aromatic rings. The Kier molecular flexibility index (Phi) is 4.06. The van der Waals surface area contributed by atoms with Gasteiger partial charge in [-0.3, -0.25) is 4.79 Å². The summed E-state index contributed by atoms with van der Waals surface area (Å²) in [5.74, 6) is 4.08. The Morgan fingerprint density at radius 2 is 2.31 bits per heavy atom. The maximum atomic E-state index is 13.1. The van der Waals surface area contributed by atoms with Gasteiger partial charge in [-0.05, 0) is 18.2 Å². The third-order valence-electron chi connectivity index (χ3n) is 1.78. The Labute approximate surface area is 92.5 Å². The molecule has 0 aliphatic carbocycles. The van der Waals surface area contributed by atoms with E-state index in [1.807, 2.05) is 0 Å². The molecule has 4 heteroatoms. The van der Waals surface area contributed by atoms with Crippen molar-refractivity contribution in [2.45, 2.75) is 6.42 Å². The molecular weight excluding hydrogens is 209 g/mol. The van der Waals surface area contributed by atoms with Gasteiger partial charge in [0.25, 0.3) is 0 Å². The Hall–Kier alpha value is -2.33. The largest absolute Gasteiger partial charge is 0.468 e. The molecule has 0 spiro atoms. The lowest BCUT2D eigenvalue weighted by molar-refractivity contribution is -0.139.